The number of H-pyrrole nitrogens is 1. The van der Waals surface area contributed by atoms with Crippen LogP contribution in [0, 0.1) is 11.8 Å². The first-order chi connectivity index (χ1) is 8.13. The lowest BCUT2D eigenvalue weighted by molar-refractivity contribution is 0.393. The van der Waals surface area contributed by atoms with Gasteiger partial charge in [-0.05, 0) is 31.2 Å². The largest absolute Gasteiger partial charge is 0.330 e. The number of nitrogens with zero attached hydrogens (tertiary/aromatic N) is 1. The fraction of sp³-hybridized carbons (Fsp3) is 0.700. The third kappa shape index (κ3) is 2.85. The maximum atomic E-state index is 11.8. The summed E-state index contributed by atoms with van der Waals surface area (Å²) in [5, 5.41) is 6.13. The van der Waals surface area contributed by atoms with Crippen LogP contribution in [0.3, 0.4) is 0 Å². The molecule has 1 aliphatic carbocycles. The van der Waals surface area contributed by atoms with E-state index in [-0.39, 0.29) is 4.90 Å². The van der Waals surface area contributed by atoms with E-state index in [9.17, 15) is 8.42 Å². The summed E-state index contributed by atoms with van der Waals surface area (Å²) in [6, 6.07) is 0. The van der Waals surface area contributed by atoms with Crippen molar-refractivity contribution in [2.75, 3.05) is 13.1 Å². The van der Waals surface area contributed by atoms with Crippen molar-refractivity contribution >= 4 is 10.0 Å². The molecule has 0 amide bonds. The molecule has 1 saturated carbocycles. The van der Waals surface area contributed by atoms with Crippen LogP contribution in [0.25, 0.3) is 0 Å². The first-order valence-electron chi connectivity index (χ1n) is 5.82. The Morgan fingerprint density at radius 3 is 2.88 bits per heavy atom. The number of aromatic amines is 1. The second-order valence-electron chi connectivity index (χ2n) is 4.47. The summed E-state index contributed by atoms with van der Waals surface area (Å²) in [5.74, 6) is 0.809. The molecule has 1 aromatic heterocycles. The molecule has 17 heavy (non-hydrogen) atoms. The number of hydrogen-bond acceptors (Lipinski definition) is 4. The van der Waals surface area contributed by atoms with Crippen LogP contribution in [0.2, 0.25) is 0 Å². The molecule has 96 valence electrons. The van der Waals surface area contributed by atoms with Crippen molar-refractivity contribution in [2.24, 2.45) is 17.6 Å². The number of nitrogens with two attached hydrogens (primary N) is 1. The zero-order valence-corrected chi connectivity index (χ0v) is 10.4. The second-order valence-corrected chi connectivity index (χ2v) is 6.24. The number of sulfonamides is 1. The molecule has 4 N–H and O–H groups in total. The Labute approximate surface area is 101 Å². The van der Waals surface area contributed by atoms with Gasteiger partial charge in [0.1, 0.15) is 4.90 Å². The Morgan fingerprint density at radius 2 is 2.24 bits per heavy atom. The molecular formula is C10H18N4O2S. The Bertz CT molecular complexity index is 443. The highest BCUT2D eigenvalue weighted by Gasteiger charge is 2.27. The van der Waals surface area contributed by atoms with Crippen LogP contribution in [0.4, 0.5) is 0 Å². The fourth-order valence-corrected chi connectivity index (χ4v) is 3.38. The molecule has 2 atom stereocenters. The molecule has 7 heteroatoms. The molecule has 2 rings (SSSR count). The molecular weight excluding hydrogens is 240 g/mol. The Morgan fingerprint density at radius 1 is 1.47 bits per heavy atom. The van der Waals surface area contributed by atoms with Gasteiger partial charge in [0.25, 0.3) is 0 Å². The molecule has 0 aromatic carbocycles. The van der Waals surface area contributed by atoms with E-state index in [0.29, 0.717) is 24.9 Å². The van der Waals surface area contributed by atoms with Gasteiger partial charge in [0, 0.05) is 12.7 Å². The number of rotatable bonds is 5. The van der Waals surface area contributed by atoms with Crippen LogP contribution in [0.1, 0.15) is 19.3 Å². The molecule has 0 bridgehead atoms. The fourth-order valence-electron chi connectivity index (χ4n) is 2.38. The van der Waals surface area contributed by atoms with Gasteiger partial charge in [-0.2, -0.15) is 5.10 Å². The van der Waals surface area contributed by atoms with Gasteiger partial charge in [0.05, 0.1) is 6.20 Å². The average Bonchev–Trinajstić information content (AvgIpc) is 2.97. The SMILES string of the molecule is NCC1CCCC1CNS(=O)(=O)c1cn[nH]c1. The van der Waals surface area contributed by atoms with E-state index >= 15 is 0 Å². The summed E-state index contributed by atoms with van der Waals surface area (Å²) < 4.78 is 26.3. The van der Waals surface area contributed by atoms with Crippen LogP contribution in [0.15, 0.2) is 17.3 Å². The summed E-state index contributed by atoms with van der Waals surface area (Å²) in [6.45, 7) is 1.10. The molecule has 1 aromatic rings. The minimum atomic E-state index is -3.42. The van der Waals surface area contributed by atoms with Gasteiger partial charge in [-0.3, -0.25) is 5.10 Å². The van der Waals surface area contributed by atoms with E-state index in [1.807, 2.05) is 0 Å². The molecule has 1 aliphatic rings. The Kier molecular flexibility index (Phi) is 3.80. The van der Waals surface area contributed by atoms with E-state index in [2.05, 4.69) is 14.9 Å². The van der Waals surface area contributed by atoms with Crippen LogP contribution in [-0.2, 0) is 10.0 Å². The van der Waals surface area contributed by atoms with Gasteiger partial charge >= 0.3 is 0 Å². The first-order valence-corrected chi connectivity index (χ1v) is 7.30. The molecule has 6 nitrogen and oxygen atoms in total. The van der Waals surface area contributed by atoms with Crippen molar-refractivity contribution in [1.29, 1.82) is 0 Å². The molecule has 0 radical (unpaired) electrons. The van der Waals surface area contributed by atoms with Crippen molar-refractivity contribution in [3.8, 4) is 0 Å². The Balaban J connectivity index is 1.94. The maximum Gasteiger partial charge on any atom is 0.243 e. The van der Waals surface area contributed by atoms with Crippen molar-refractivity contribution < 1.29 is 8.42 Å². The summed E-state index contributed by atoms with van der Waals surface area (Å²) in [7, 11) is -3.42. The van der Waals surface area contributed by atoms with Crippen molar-refractivity contribution in [2.45, 2.75) is 24.2 Å². The lowest BCUT2D eigenvalue weighted by Crippen LogP contribution is -2.32. The van der Waals surface area contributed by atoms with E-state index in [1.165, 1.54) is 12.4 Å². The van der Waals surface area contributed by atoms with E-state index in [0.717, 1.165) is 19.3 Å². The highest BCUT2D eigenvalue weighted by molar-refractivity contribution is 7.89. The molecule has 1 fully saturated rings. The summed E-state index contributed by atoms with van der Waals surface area (Å²) >= 11 is 0. The monoisotopic (exact) mass is 258 g/mol. The molecule has 1 heterocycles. The molecule has 0 spiro atoms. The van der Waals surface area contributed by atoms with Gasteiger partial charge in [-0.25, -0.2) is 13.1 Å². The summed E-state index contributed by atoms with van der Waals surface area (Å²) in [5.41, 5.74) is 5.67. The zero-order chi connectivity index (χ0) is 12.3. The van der Waals surface area contributed by atoms with Gasteiger partial charge in [-0.15, -0.1) is 0 Å². The zero-order valence-electron chi connectivity index (χ0n) is 9.59. The molecule has 2 unspecified atom stereocenters. The lowest BCUT2D eigenvalue weighted by atomic mass is 9.97. The van der Waals surface area contributed by atoms with Gasteiger partial charge in [-0.1, -0.05) is 6.42 Å². The van der Waals surface area contributed by atoms with Crippen LogP contribution < -0.4 is 10.5 Å². The van der Waals surface area contributed by atoms with E-state index < -0.39 is 10.0 Å². The standard InChI is InChI=1S/C10H18N4O2S/c11-4-8-2-1-3-9(8)5-14-17(15,16)10-6-12-13-7-10/h6-9,14H,1-5,11H2,(H,12,13). The van der Waals surface area contributed by atoms with Crippen LogP contribution in [-0.4, -0.2) is 31.7 Å². The smallest absolute Gasteiger partial charge is 0.243 e. The van der Waals surface area contributed by atoms with Gasteiger partial charge in [0.15, 0.2) is 0 Å². The number of hydrogen-bond donors (Lipinski definition) is 3. The number of nitrogens with one attached hydrogen (secondary N) is 2. The topological polar surface area (TPSA) is 101 Å². The quantitative estimate of drug-likeness (QED) is 0.695. The third-order valence-corrected chi connectivity index (χ3v) is 4.83. The maximum absolute atomic E-state index is 11.8. The second kappa shape index (κ2) is 5.16. The summed E-state index contributed by atoms with van der Waals surface area (Å²) in [4.78, 5) is 0.180. The normalized spacial score (nSPS) is 25.2. The predicted molar refractivity (Wildman–Crippen MR) is 63.7 cm³/mol. The van der Waals surface area contributed by atoms with Crippen molar-refractivity contribution in [3.05, 3.63) is 12.4 Å². The Hall–Kier alpha value is -0.920. The minimum Gasteiger partial charge on any atom is -0.330 e. The van der Waals surface area contributed by atoms with Crippen molar-refractivity contribution in [3.63, 3.8) is 0 Å². The highest BCUT2D eigenvalue weighted by Crippen LogP contribution is 2.30. The van der Waals surface area contributed by atoms with Crippen LogP contribution in [0.5, 0.6) is 0 Å². The number of aromatic nitrogens is 2. The minimum absolute atomic E-state index is 0.180. The highest BCUT2D eigenvalue weighted by atomic mass is 32.2. The lowest BCUT2D eigenvalue weighted by Gasteiger charge is -2.17. The van der Waals surface area contributed by atoms with Crippen LogP contribution >= 0.6 is 0 Å². The van der Waals surface area contributed by atoms with Crippen molar-refractivity contribution in [1.82, 2.24) is 14.9 Å². The van der Waals surface area contributed by atoms with E-state index in [4.69, 9.17) is 5.73 Å². The summed E-state index contributed by atoms with van der Waals surface area (Å²) in [6.07, 6.45) is 5.97. The average molecular weight is 258 g/mol. The van der Waals surface area contributed by atoms with E-state index in [1.54, 1.807) is 0 Å². The molecule has 0 aliphatic heterocycles. The van der Waals surface area contributed by atoms with Gasteiger partial charge in [0.2, 0.25) is 10.0 Å². The predicted octanol–water partition coefficient (Wildman–Crippen LogP) is 0.0630. The van der Waals surface area contributed by atoms with Gasteiger partial charge < -0.3 is 5.73 Å². The molecule has 0 saturated heterocycles. The first kappa shape index (κ1) is 12.5. The third-order valence-electron chi connectivity index (χ3n) is 3.44.